The molecule has 2 aromatic carbocycles. The van der Waals surface area contributed by atoms with Gasteiger partial charge in [-0.3, -0.25) is 4.79 Å². The van der Waals surface area contributed by atoms with Crippen LogP contribution < -0.4 is 9.47 Å². The Morgan fingerprint density at radius 2 is 1.82 bits per heavy atom. The molecule has 6 nitrogen and oxygen atoms in total. The molecule has 0 saturated carbocycles. The molecule has 1 aliphatic heterocycles. The number of fused-ring (bicyclic) bond motifs is 1. The molecule has 34 heavy (non-hydrogen) atoms. The summed E-state index contributed by atoms with van der Waals surface area (Å²) < 4.78 is 56.0. The van der Waals surface area contributed by atoms with Gasteiger partial charge in [0, 0.05) is 34.8 Å². The van der Waals surface area contributed by atoms with Gasteiger partial charge in [0.15, 0.2) is 18.1 Å². The predicted molar refractivity (Wildman–Crippen MR) is 117 cm³/mol. The maximum absolute atomic E-state index is 12.8. The second-order valence-corrected chi connectivity index (χ2v) is 7.65. The van der Waals surface area contributed by atoms with E-state index >= 15 is 0 Å². The monoisotopic (exact) mass is 471 g/mol. The standard InChI is InChI=1S/C25H20F3NO5/c1-15-10-20(16(2)29(15)19-7-8-22-23(12-19)34-14-33-22)21(30)13-32-24(31)9-6-17-4-3-5-18(11-17)25(26,27)28/h3-12H,13-14H2,1-2H3/b9-6+. The van der Waals surface area contributed by atoms with Crippen molar-refractivity contribution in [2.24, 2.45) is 0 Å². The van der Waals surface area contributed by atoms with Gasteiger partial charge < -0.3 is 18.8 Å². The number of rotatable bonds is 6. The van der Waals surface area contributed by atoms with Crippen molar-refractivity contribution >= 4 is 17.8 Å². The summed E-state index contributed by atoms with van der Waals surface area (Å²) in [7, 11) is 0. The molecule has 0 unspecified atom stereocenters. The van der Waals surface area contributed by atoms with E-state index in [1.165, 1.54) is 18.2 Å². The summed E-state index contributed by atoms with van der Waals surface area (Å²) in [5, 5.41) is 0. The summed E-state index contributed by atoms with van der Waals surface area (Å²) in [5.41, 5.74) is 2.01. The number of nitrogens with zero attached hydrogens (tertiary/aromatic N) is 1. The number of esters is 1. The first-order valence-electron chi connectivity index (χ1n) is 10.3. The molecule has 1 aromatic heterocycles. The van der Waals surface area contributed by atoms with E-state index in [4.69, 9.17) is 14.2 Å². The molecule has 0 fully saturated rings. The van der Waals surface area contributed by atoms with Crippen molar-refractivity contribution in [2.75, 3.05) is 13.4 Å². The molecule has 4 rings (SSSR count). The Kier molecular flexibility index (Phi) is 6.19. The number of ether oxygens (including phenoxy) is 3. The van der Waals surface area contributed by atoms with Gasteiger partial charge in [-0.25, -0.2) is 4.79 Å². The molecular weight excluding hydrogens is 451 g/mol. The van der Waals surface area contributed by atoms with Gasteiger partial charge in [0.2, 0.25) is 12.6 Å². The number of aromatic nitrogens is 1. The summed E-state index contributed by atoms with van der Waals surface area (Å²) in [4.78, 5) is 24.7. The Bertz CT molecular complexity index is 1290. The zero-order chi connectivity index (χ0) is 24.5. The lowest BCUT2D eigenvalue weighted by atomic mass is 10.1. The molecule has 0 saturated heterocycles. The van der Waals surface area contributed by atoms with Crippen molar-refractivity contribution in [3.63, 3.8) is 0 Å². The number of aryl methyl sites for hydroxylation is 1. The maximum Gasteiger partial charge on any atom is 0.416 e. The zero-order valence-electron chi connectivity index (χ0n) is 18.3. The molecule has 0 spiro atoms. The third kappa shape index (κ3) is 4.83. The van der Waals surface area contributed by atoms with E-state index in [2.05, 4.69) is 0 Å². The van der Waals surface area contributed by atoms with Gasteiger partial charge in [0.25, 0.3) is 0 Å². The first kappa shape index (κ1) is 23.2. The largest absolute Gasteiger partial charge is 0.454 e. The van der Waals surface area contributed by atoms with Crippen molar-refractivity contribution in [1.82, 2.24) is 4.57 Å². The van der Waals surface area contributed by atoms with Crippen LogP contribution in [0.3, 0.4) is 0 Å². The number of carbonyl (C=O) groups excluding carboxylic acids is 2. The van der Waals surface area contributed by atoms with Gasteiger partial charge in [-0.2, -0.15) is 13.2 Å². The van der Waals surface area contributed by atoms with Crippen molar-refractivity contribution in [2.45, 2.75) is 20.0 Å². The average Bonchev–Trinajstić information content (AvgIpc) is 3.38. The normalized spacial score (nSPS) is 12.9. The lowest BCUT2D eigenvalue weighted by Gasteiger charge is -2.10. The minimum atomic E-state index is -4.48. The van der Waals surface area contributed by atoms with E-state index in [9.17, 15) is 22.8 Å². The molecule has 0 radical (unpaired) electrons. The quantitative estimate of drug-likeness (QED) is 0.278. The molecule has 3 aromatic rings. The number of ketones is 1. The SMILES string of the molecule is Cc1cc(C(=O)COC(=O)/C=C/c2cccc(C(F)(F)F)c2)c(C)n1-c1ccc2c(c1)OCO2. The molecule has 0 bridgehead atoms. The number of Topliss-reactive ketones (excluding diaryl/α,β-unsaturated/α-hetero) is 1. The van der Waals surface area contributed by atoms with E-state index in [1.807, 2.05) is 23.6 Å². The Hall–Kier alpha value is -4.01. The van der Waals surface area contributed by atoms with Gasteiger partial charge in [-0.15, -0.1) is 0 Å². The van der Waals surface area contributed by atoms with Crippen molar-refractivity contribution in [3.05, 3.63) is 82.7 Å². The van der Waals surface area contributed by atoms with Gasteiger partial charge in [-0.1, -0.05) is 12.1 Å². The average molecular weight is 471 g/mol. The number of alkyl halides is 3. The fourth-order valence-electron chi connectivity index (χ4n) is 3.71. The van der Waals surface area contributed by atoms with Crippen LogP contribution in [0.4, 0.5) is 13.2 Å². The summed E-state index contributed by atoms with van der Waals surface area (Å²) in [5.74, 6) is 0.0169. The van der Waals surface area contributed by atoms with Crippen LogP contribution in [0.1, 0.15) is 32.9 Å². The number of benzene rings is 2. The maximum atomic E-state index is 12.8. The van der Waals surface area contributed by atoms with Gasteiger partial charge in [-0.05, 0) is 55.8 Å². The van der Waals surface area contributed by atoms with Gasteiger partial charge in [0.05, 0.1) is 5.56 Å². The molecule has 1 aliphatic rings. The molecule has 0 amide bonds. The molecule has 2 heterocycles. The third-order valence-electron chi connectivity index (χ3n) is 5.32. The molecule has 0 aliphatic carbocycles. The fraction of sp³-hybridized carbons (Fsp3) is 0.200. The Morgan fingerprint density at radius 1 is 1.06 bits per heavy atom. The van der Waals surface area contributed by atoms with Crippen LogP contribution in [-0.2, 0) is 15.7 Å². The van der Waals surface area contributed by atoms with E-state index in [0.29, 0.717) is 22.8 Å². The van der Waals surface area contributed by atoms with E-state index in [-0.39, 0.29) is 12.4 Å². The molecular formula is C25H20F3NO5. The molecule has 0 atom stereocenters. The number of carbonyl (C=O) groups is 2. The van der Waals surface area contributed by atoms with Crippen LogP contribution in [0, 0.1) is 13.8 Å². The summed E-state index contributed by atoms with van der Waals surface area (Å²) in [6, 6.07) is 11.7. The first-order valence-corrected chi connectivity index (χ1v) is 10.3. The molecule has 9 heteroatoms. The second-order valence-electron chi connectivity index (χ2n) is 7.65. The van der Waals surface area contributed by atoms with E-state index < -0.39 is 30.1 Å². The molecule has 0 N–H and O–H groups in total. The van der Waals surface area contributed by atoms with Crippen molar-refractivity contribution < 1.29 is 37.0 Å². The number of hydrogen-bond acceptors (Lipinski definition) is 5. The van der Waals surface area contributed by atoms with Crippen LogP contribution >= 0.6 is 0 Å². The third-order valence-corrected chi connectivity index (χ3v) is 5.32. The fourth-order valence-corrected chi connectivity index (χ4v) is 3.71. The highest BCUT2D eigenvalue weighted by molar-refractivity contribution is 6.00. The zero-order valence-corrected chi connectivity index (χ0v) is 18.3. The van der Waals surface area contributed by atoms with E-state index in [1.54, 1.807) is 19.1 Å². The minimum Gasteiger partial charge on any atom is -0.454 e. The van der Waals surface area contributed by atoms with Crippen LogP contribution in [0.5, 0.6) is 11.5 Å². The number of halogens is 3. The first-order chi connectivity index (χ1) is 16.1. The summed E-state index contributed by atoms with van der Waals surface area (Å²) in [6.45, 7) is 3.27. The topological polar surface area (TPSA) is 66.8 Å². The van der Waals surface area contributed by atoms with Crippen LogP contribution in [0.2, 0.25) is 0 Å². The lowest BCUT2D eigenvalue weighted by Crippen LogP contribution is -2.13. The highest BCUT2D eigenvalue weighted by Crippen LogP contribution is 2.35. The van der Waals surface area contributed by atoms with Gasteiger partial charge in [0.1, 0.15) is 0 Å². The number of hydrogen-bond donors (Lipinski definition) is 0. The highest BCUT2D eigenvalue weighted by Gasteiger charge is 2.30. The summed E-state index contributed by atoms with van der Waals surface area (Å²) in [6.07, 6.45) is -2.30. The van der Waals surface area contributed by atoms with Crippen molar-refractivity contribution in [3.8, 4) is 17.2 Å². The van der Waals surface area contributed by atoms with Crippen LogP contribution in [-0.4, -0.2) is 29.7 Å². The smallest absolute Gasteiger partial charge is 0.416 e. The van der Waals surface area contributed by atoms with E-state index in [0.717, 1.165) is 29.6 Å². The second kappa shape index (κ2) is 9.09. The van der Waals surface area contributed by atoms with Crippen LogP contribution in [0.15, 0.2) is 54.6 Å². The van der Waals surface area contributed by atoms with Gasteiger partial charge >= 0.3 is 12.1 Å². The predicted octanol–water partition coefficient (Wildman–Crippen LogP) is 5.28. The minimum absolute atomic E-state index is 0.153. The van der Waals surface area contributed by atoms with Crippen molar-refractivity contribution in [1.29, 1.82) is 0 Å². The lowest BCUT2D eigenvalue weighted by molar-refractivity contribution is -0.138. The Morgan fingerprint density at radius 3 is 2.59 bits per heavy atom. The summed E-state index contributed by atoms with van der Waals surface area (Å²) >= 11 is 0. The Balaban J connectivity index is 1.42. The Labute approximate surface area is 193 Å². The highest BCUT2D eigenvalue weighted by atomic mass is 19.4. The molecule has 176 valence electrons. The van der Waals surface area contributed by atoms with Crippen LogP contribution in [0.25, 0.3) is 11.8 Å².